The number of hydrogen-bond donors (Lipinski definition) is 1. The fraction of sp³-hybridized carbons (Fsp3) is 0.636. The molecule has 0 aliphatic rings. The van der Waals surface area contributed by atoms with Gasteiger partial charge in [-0.15, -0.1) is 0 Å². The highest BCUT2D eigenvalue weighted by Gasteiger charge is 2.09. The zero-order valence-electron chi connectivity index (χ0n) is 9.60. The molecular formula is C11H18BrN3. The van der Waals surface area contributed by atoms with Gasteiger partial charge in [-0.3, -0.25) is 0 Å². The standard InChI is InChI=1S/C11H18BrN3/c1-4-7-9-14-8(5-2)10(12)11(15-9)13-6-3/h4-7H2,1-3H3,(H,13,14,15). The van der Waals surface area contributed by atoms with Gasteiger partial charge in [-0.25, -0.2) is 9.97 Å². The van der Waals surface area contributed by atoms with E-state index in [2.05, 4.69) is 52.0 Å². The average Bonchev–Trinajstić information content (AvgIpc) is 2.23. The fourth-order valence-corrected chi connectivity index (χ4v) is 2.00. The lowest BCUT2D eigenvalue weighted by Crippen LogP contribution is -2.07. The van der Waals surface area contributed by atoms with Gasteiger partial charge in [0.15, 0.2) is 0 Å². The Kier molecular flexibility index (Phi) is 5.02. The summed E-state index contributed by atoms with van der Waals surface area (Å²) in [4.78, 5) is 9.02. The molecule has 0 bridgehead atoms. The molecule has 0 aliphatic heterocycles. The Hall–Kier alpha value is -0.640. The first-order valence-electron chi connectivity index (χ1n) is 5.52. The van der Waals surface area contributed by atoms with Gasteiger partial charge in [0.2, 0.25) is 0 Å². The lowest BCUT2D eigenvalue weighted by molar-refractivity contribution is 0.810. The molecule has 0 aliphatic carbocycles. The molecule has 4 heteroatoms. The molecule has 0 amide bonds. The van der Waals surface area contributed by atoms with Crippen molar-refractivity contribution in [3.8, 4) is 0 Å². The number of hydrogen-bond acceptors (Lipinski definition) is 3. The van der Waals surface area contributed by atoms with E-state index in [1.54, 1.807) is 0 Å². The Bertz CT molecular complexity index is 326. The highest BCUT2D eigenvalue weighted by molar-refractivity contribution is 9.10. The predicted octanol–water partition coefficient (Wildman–Crippen LogP) is 3.19. The molecule has 1 N–H and O–H groups in total. The summed E-state index contributed by atoms with van der Waals surface area (Å²) in [5.74, 6) is 1.86. The predicted molar refractivity (Wildman–Crippen MR) is 67.3 cm³/mol. The number of rotatable bonds is 5. The van der Waals surface area contributed by atoms with Crippen LogP contribution in [0.3, 0.4) is 0 Å². The van der Waals surface area contributed by atoms with Crippen LogP contribution in [0.2, 0.25) is 0 Å². The minimum Gasteiger partial charge on any atom is -0.369 e. The molecule has 1 heterocycles. The van der Waals surface area contributed by atoms with Crippen LogP contribution in [0.4, 0.5) is 5.82 Å². The van der Waals surface area contributed by atoms with Crippen molar-refractivity contribution in [3.05, 3.63) is 16.0 Å². The molecule has 0 unspecified atom stereocenters. The zero-order chi connectivity index (χ0) is 11.3. The number of nitrogens with zero attached hydrogens (tertiary/aromatic N) is 2. The van der Waals surface area contributed by atoms with Crippen LogP contribution in [-0.2, 0) is 12.8 Å². The Balaban J connectivity index is 3.07. The third kappa shape index (κ3) is 3.16. The van der Waals surface area contributed by atoms with Crippen LogP contribution >= 0.6 is 15.9 Å². The normalized spacial score (nSPS) is 10.4. The average molecular weight is 272 g/mol. The van der Waals surface area contributed by atoms with Gasteiger partial charge < -0.3 is 5.32 Å². The lowest BCUT2D eigenvalue weighted by Gasteiger charge is -2.10. The van der Waals surface area contributed by atoms with Crippen LogP contribution in [0.15, 0.2) is 4.47 Å². The Morgan fingerprint density at radius 2 is 1.93 bits per heavy atom. The van der Waals surface area contributed by atoms with Crippen LogP contribution in [0.5, 0.6) is 0 Å². The van der Waals surface area contributed by atoms with E-state index < -0.39 is 0 Å². The summed E-state index contributed by atoms with van der Waals surface area (Å²) in [5.41, 5.74) is 1.09. The minimum absolute atomic E-state index is 0.879. The van der Waals surface area contributed by atoms with Gasteiger partial charge in [0.1, 0.15) is 11.6 Å². The van der Waals surface area contributed by atoms with Gasteiger partial charge in [-0.2, -0.15) is 0 Å². The van der Waals surface area contributed by atoms with Gasteiger partial charge in [-0.1, -0.05) is 13.8 Å². The SMILES string of the molecule is CCCc1nc(CC)c(Br)c(NCC)n1. The summed E-state index contributed by atoms with van der Waals surface area (Å²) < 4.78 is 1.01. The number of aryl methyl sites for hydroxylation is 2. The largest absolute Gasteiger partial charge is 0.369 e. The molecule has 0 radical (unpaired) electrons. The van der Waals surface area contributed by atoms with Crippen molar-refractivity contribution in [2.24, 2.45) is 0 Å². The van der Waals surface area contributed by atoms with E-state index in [9.17, 15) is 0 Å². The maximum Gasteiger partial charge on any atom is 0.144 e. The monoisotopic (exact) mass is 271 g/mol. The third-order valence-corrected chi connectivity index (χ3v) is 2.95. The van der Waals surface area contributed by atoms with Crippen LogP contribution in [0, 0.1) is 0 Å². The molecule has 1 aromatic heterocycles. The molecule has 0 atom stereocenters. The summed E-state index contributed by atoms with van der Waals surface area (Å²) in [5, 5.41) is 3.25. The van der Waals surface area contributed by atoms with Gasteiger partial charge in [-0.05, 0) is 35.7 Å². The van der Waals surface area contributed by atoms with Gasteiger partial charge in [0.25, 0.3) is 0 Å². The van der Waals surface area contributed by atoms with Crippen LogP contribution in [0.1, 0.15) is 38.7 Å². The topological polar surface area (TPSA) is 37.8 Å². The highest BCUT2D eigenvalue weighted by Crippen LogP contribution is 2.24. The van der Waals surface area contributed by atoms with Crippen LogP contribution in [-0.4, -0.2) is 16.5 Å². The Morgan fingerprint density at radius 3 is 2.47 bits per heavy atom. The second-order valence-corrected chi connectivity index (χ2v) is 4.18. The first-order valence-corrected chi connectivity index (χ1v) is 6.31. The quantitative estimate of drug-likeness (QED) is 0.894. The smallest absolute Gasteiger partial charge is 0.144 e. The van der Waals surface area contributed by atoms with E-state index >= 15 is 0 Å². The van der Waals surface area contributed by atoms with E-state index in [0.717, 1.165) is 47.6 Å². The second-order valence-electron chi connectivity index (χ2n) is 3.38. The first-order chi connectivity index (χ1) is 7.22. The number of nitrogens with one attached hydrogen (secondary N) is 1. The number of anilines is 1. The summed E-state index contributed by atoms with van der Waals surface area (Å²) in [7, 11) is 0. The van der Waals surface area contributed by atoms with Crippen molar-refractivity contribution in [1.82, 2.24) is 9.97 Å². The van der Waals surface area contributed by atoms with Gasteiger partial charge in [0.05, 0.1) is 10.2 Å². The molecule has 0 spiro atoms. The Labute approximate surface area is 99.8 Å². The summed E-state index contributed by atoms with van der Waals surface area (Å²) in [6, 6.07) is 0. The molecule has 3 nitrogen and oxygen atoms in total. The Morgan fingerprint density at radius 1 is 1.20 bits per heavy atom. The molecule has 15 heavy (non-hydrogen) atoms. The molecule has 1 rings (SSSR count). The molecule has 0 saturated carbocycles. The second kappa shape index (κ2) is 6.05. The summed E-state index contributed by atoms with van der Waals surface area (Å²) >= 11 is 3.54. The third-order valence-electron chi connectivity index (χ3n) is 2.12. The van der Waals surface area contributed by atoms with E-state index in [0.29, 0.717) is 0 Å². The molecule has 0 fully saturated rings. The van der Waals surface area contributed by atoms with Crippen molar-refractivity contribution >= 4 is 21.7 Å². The highest BCUT2D eigenvalue weighted by atomic mass is 79.9. The van der Waals surface area contributed by atoms with E-state index in [1.807, 2.05) is 0 Å². The van der Waals surface area contributed by atoms with Crippen LogP contribution < -0.4 is 5.32 Å². The van der Waals surface area contributed by atoms with Crippen molar-refractivity contribution in [2.45, 2.75) is 40.0 Å². The maximum atomic E-state index is 4.53. The summed E-state index contributed by atoms with van der Waals surface area (Å²) in [6.07, 6.45) is 2.95. The number of halogens is 1. The van der Waals surface area contributed by atoms with Gasteiger partial charge >= 0.3 is 0 Å². The van der Waals surface area contributed by atoms with Crippen molar-refractivity contribution in [3.63, 3.8) is 0 Å². The van der Waals surface area contributed by atoms with Crippen molar-refractivity contribution in [2.75, 3.05) is 11.9 Å². The zero-order valence-corrected chi connectivity index (χ0v) is 11.2. The molecule has 84 valence electrons. The van der Waals surface area contributed by atoms with Crippen molar-refractivity contribution < 1.29 is 0 Å². The fourth-order valence-electron chi connectivity index (χ4n) is 1.40. The molecule has 1 aromatic rings. The molecule has 0 aromatic carbocycles. The number of aromatic nitrogens is 2. The maximum absolute atomic E-state index is 4.53. The van der Waals surface area contributed by atoms with Crippen LogP contribution in [0.25, 0.3) is 0 Å². The van der Waals surface area contributed by atoms with Crippen molar-refractivity contribution in [1.29, 1.82) is 0 Å². The van der Waals surface area contributed by atoms with E-state index in [1.165, 1.54) is 0 Å². The van der Waals surface area contributed by atoms with E-state index in [-0.39, 0.29) is 0 Å². The molecular weight excluding hydrogens is 254 g/mol. The molecule has 0 saturated heterocycles. The van der Waals surface area contributed by atoms with Gasteiger partial charge in [0, 0.05) is 13.0 Å². The minimum atomic E-state index is 0.879. The first kappa shape index (κ1) is 12.4. The lowest BCUT2D eigenvalue weighted by atomic mass is 10.2. The van der Waals surface area contributed by atoms with E-state index in [4.69, 9.17) is 0 Å². The summed E-state index contributed by atoms with van der Waals surface area (Å²) in [6.45, 7) is 7.20.